The van der Waals surface area contributed by atoms with Crippen molar-refractivity contribution in [3.05, 3.63) is 253 Å². The van der Waals surface area contributed by atoms with Crippen LogP contribution in [0.25, 0.3) is 0 Å². The lowest BCUT2D eigenvalue weighted by atomic mass is 10.0. The SMILES string of the molecule is CC1(P(c2ccccc2)c2ccccc2)CC=CC=C1P(C1=CCCC=C1P(c1ccccc1)c1ccccc1)c1ccccc1P(c1ccccc1)c1ccccc1. The van der Waals surface area contributed by atoms with E-state index in [1.165, 1.54) is 53.1 Å². The van der Waals surface area contributed by atoms with Crippen LogP contribution in [0.3, 0.4) is 0 Å². The quantitative estimate of drug-likeness (QED) is 0.108. The van der Waals surface area contributed by atoms with Crippen LogP contribution in [0.5, 0.6) is 0 Å². The Hall–Kier alpha value is -4.78. The molecule has 0 fully saturated rings. The Morgan fingerprint density at radius 1 is 0.373 bits per heavy atom. The molecule has 4 heteroatoms. The maximum absolute atomic E-state index is 2.67. The van der Waals surface area contributed by atoms with Gasteiger partial charge in [-0.15, -0.1) is 0 Å². The second-order valence-electron chi connectivity index (χ2n) is 15.1. The summed E-state index contributed by atoms with van der Waals surface area (Å²) < 4.78 is 0. The van der Waals surface area contributed by atoms with Crippen LogP contribution in [-0.4, -0.2) is 5.16 Å². The topological polar surface area (TPSA) is 0 Å². The molecule has 2 aliphatic rings. The molecule has 288 valence electrons. The number of allylic oxidation sites excluding steroid dienone is 8. The van der Waals surface area contributed by atoms with E-state index in [-0.39, 0.29) is 5.16 Å². The minimum atomic E-state index is -1.03. The zero-order valence-electron chi connectivity index (χ0n) is 33.4. The molecule has 7 aromatic rings. The fourth-order valence-corrected chi connectivity index (χ4v) is 20.9. The van der Waals surface area contributed by atoms with Crippen molar-refractivity contribution in [1.29, 1.82) is 0 Å². The number of hydrogen-bond donors (Lipinski definition) is 0. The van der Waals surface area contributed by atoms with Crippen molar-refractivity contribution >= 4 is 74.1 Å². The van der Waals surface area contributed by atoms with Gasteiger partial charge in [0.15, 0.2) is 0 Å². The van der Waals surface area contributed by atoms with Gasteiger partial charge < -0.3 is 0 Å². The molecule has 0 heterocycles. The Kier molecular flexibility index (Phi) is 12.5. The summed E-state index contributed by atoms with van der Waals surface area (Å²) in [6.07, 6.45) is 15.8. The van der Waals surface area contributed by atoms with Gasteiger partial charge in [-0.25, -0.2) is 0 Å². The summed E-state index contributed by atoms with van der Waals surface area (Å²) >= 11 is 0. The number of benzene rings is 7. The van der Waals surface area contributed by atoms with Gasteiger partial charge in [-0.2, -0.15) is 0 Å². The second-order valence-corrected chi connectivity index (χ2v) is 24.2. The smallest absolute Gasteiger partial charge is 0.0252 e. The maximum Gasteiger partial charge on any atom is 0.0252 e. The fraction of sp³-hybridized carbons (Fsp3) is 0.0909. The molecule has 0 amide bonds. The van der Waals surface area contributed by atoms with Crippen LogP contribution in [0.1, 0.15) is 26.2 Å². The van der Waals surface area contributed by atoms with E-state index in [9.17, 15) is 0 Å². The first-order valence-corrected chi connectivity index (χ1v) is 26.0. The molecule has 2 atom stereocenters. The van der Waals surface area contributed by atoms with Gasteiger partial charge in [0.2, 0.25) is 0 Å². The molecule has 2 aliphatic carbocycles. The van der Waals surface area contributed by atoms with Gasteiger partial charge >= 0.3 is 0 Å². The largest absolute Gasteiger partial charge is 0.0833 e. The first kappa shape index (κ1) is 39.7. The molecule has 0 bridgehead atoms. The summed E-state index contributed by atoms with van der Waals surface area (Å²) in [6, 6.07) is 77.7. The lowest BCUT2D eigenvalue weighted by Gasteiger charge is -2.46. The fourth-order valence-electron chi connectivity index (χ4n) is 8.59. The van der Waals surface area contributed by atoms with Gasteiger partial charge in [0.1, 0.15) is 0 Å². The average Bonchev–Trinajstić information content (AvgIpc) is 3.30. The van der Waals surface area contributed by atoms with Crippen LogP contribution in [-0.2, 0) is 0 Å². The van der Waals surface area contributed by atoms with Gasteiger partial charge in [-0.3, -0.25) is 0 Å². The van der Waals surface area contributed by atoms with Crippen LogP contribution in [0.2, 0.25) is 0 Å². The van der Waals surface area contributed by atoms with E-state index in [1.807, 2.05) is 0 Å². The predicted molar refractivity (Wildman–Crippen MR) is 265 cm³/mol. The molecular weight excluding hydrogens is 785 g/mol. The Balaban J connectivity index is 1.32. The molecule has 9 rings (SSSR count). The molecule has 0 saturated heterocycles. The van der Waals surface area contributed by atoms with Crippen LogP contribution in [0.15, 0.2) is 253 Å². The van der Waals surface area contributed by atoms with Crippen LogP contribution < -0.4 is 42.4 Å². The van der Waals surface area contributed by atoms with Crippen LogP contribution in [0.4, 0.5) is 0 Å². The van der Waals surface area contributed by atoms with Gasteiger partial charge in [0, 0.05) is 5.16 Å². The normalized spacial score (nSPS) is 17.1. The van der Waals surface area contributed by atoms with Crippen molar-refractivity contribution in [2.24, 2.45) is 0 Å². The van der Waals surface area contributed by atoms with E-state index in [0.29, 0.717) is 0 Å². The highest BCUT2D eigenvalue weighted by atomic mass is 31.1. The van der Waals surface area contributed by atoms with Crippen molar-refractivity contribution in [1.82, 2.24) is 0 Å². The molecule has 0 saturated carbocycles. The van der Waals surface area contributed by atoms with Crippen molar-refractivity contribution in [3.8, 4) is 0 Å². The molecule has 0 aromatic heterocycles. The lowest BCUT2D eigenvalue weighted by molar-refractivity contribution is 0.773. The Labute approximate surface area is 356 Å². The molecular formula is C55H48P4. The third kappa shape index (κ3) is 8.36. The maximum atomic E-state index is 2.67. The van der Waals surface area contributed by atoms with E-state index in [2.05, 4.69) is 244 Å². The first-order valence-electron chi connectivity index (χ1n) is 20.6. The average molecular weight is 833 g/mol. The first-order chi connectivity index (χ1) is 29.2. The number of hydrogen-bond acceptors (Lipinski definition) is 0. The van der Waals surface area contributed by atoms with Crippen molar-refractivity contribution < 1.29 is 0 Å². The van der Waals surface area contributed by atoms with Gasteiger partial charge in [-0.05, 0) is 109 Å². The van der Waals surface area contributed by atoms with Gasteiger partial charge in [-0.1, -0.05) is 244 Å². The minimum Gasteiger partial charge on any atom is -0.0833 e. The van der Waals surface area contributed by atoms with Crippen LogP contribution >= 0.6 is 31.7 Å². The second kappa shape index (κ2) is 18.6. The Morgan fingerprint density at radius 3 is 1.14 bits per heavy atom. The summed E-state index contributed by atoms with van der Waals surface area (Å²) in [5, 5.41) is 15.9. The zero-order chi connectivity index (χ0) is 39.9. The van der Waals surface area contributed by atoms with E-state index < -0.39 is 31.7 Å². The van der Waals surface area contributed by atoms with Gasteiger partial charge in [0.05, 0.1) is 0 Å². The third-order valence-corrected chi connectivity index (χ3v) is 22.7. The third-order valence-electron chi connectivity index (χ3n) is 11.2. The molecule has 0 radical (unpaired) electrons. The van der Waals surface area contributed by atoms with Crippen LogP contribution in [0, 0.1) is 0 Å². The summed E-state index contributed by atoms with van der Waals surface area (Å²) in [6.45, 7) is 2.60. The predicted octanol–water partition coefficient (Wildman–Crippen LogP) is 12.0. The molecule has 2 unspecified atom stereocenters. The molecule has 0 aliphatic heterocycles. The van der Waals surface area contributed by atoms with Gasteiger partial charge in [0.25, 0.3) is 0 Å². The van der Waals surface area contributed by atoms with E-state index in [4.69, 9.17) is 0 Å². The zero-order valence-corrected chi connectivity index (χ0v) is 37.0. The highest BCUT2D eigenvalue weighted by Gasteiger charge is 2.45. The highest BCUT2D eigenvalue weighted by molar-refractivity contribution is 7.85. The molecule has 0 spiro atoms. The summed E-state index contributed by atoms with van der Waals surface area (Å²) in [7, 11) is -3.51. The summed E-state index contributed by atoms with van der Waals surface area (Å²) in [5.41, 5.74) is 0. The van der Waals surface area contributed by atoms with E-state index >= 15 is 0 Å². The lowest BCUT2D eigenvalue weighted by Crippen LogP contribution is -2.37. The summed E-state index contributed by atoms with van der Waals surface area (Å²) in [5.74, 6) is 0. The highest BCUT2D eigenvalue weighted by Crippen LogP contribution is 2.70. The molecule has 7 aromatic carbocycles. The van der Waals surface area contributed by atoms with Crippen molar-refractivity contribution in [2.45, 2.75) is 31.3 Å². The molecule has 59 heavy (non-hydrogen) atoms. The van der Waals surface area contributed by atoms with E-state index in [1.54, 1.807) is 5.31 Å². The minimum absolute atomic E-state index is 0.153. The molecule has 0 nitrogen and oxygen atoms in total. The standard InChI is InChI=1S/C55H48P4/c1-55(59(48-34-16-6-17-35-48)49-36-18-7-19-37-49)43-25-24-42-54(55)58(52-40-22-20-38-50(52)56(44-26-8-2-9-27-44)45-28-10-3-11-29-45)53-41-23-21-39-51(53)57(46-30-12-4-13-31-46)47-32-14-5-15-33-47/h2-20,22,24-42H,21,23,43H2,1H3. The van der Waals surface area contributed by atoms with E-state index in [0.717, 1.165) is 19.3 Å². The Morgan fingerprint density at radius 2 is 0.712 bits per heavy atom. The van der Waals surface area contributed by atoms with Crippen molar-refractivity contribution in [2.75, 3.05) is 0 Å². The Bertz CT molecular complexity index is 2470. The monoisotopic (exact) mass is 832 g/mol. The summed E-state index contributed by atoms with van der Waals surface area (Å²) in [4.78, 5) is 0. The van der Waals surface area contributed by atoms with Crippen molar-refractivity contribution in [3.63, 3.8) is 0 Å². The molecule has 0 N–H and O–H groups in total. The number of rotatable bonds is 12.